The normalized spacial score (nSPS) is 27.0. The van der Waals surface area contributed by atoms with Crippen LogP contribution in [0.2, 0.25) is 0 Å². The lowest BCUT2D eigenvalue weighted by molar-refractivity contribution is -0.275. The summed E-state index contributed by atoms with van der Waals surface area (Å²) < 4.78 is 10.4. The van der Waals surface area contributed by atoms with Gasteiger partial charge in [0.15, 0.2) is 18.5 Å². The number of benzene rings is 2. The maximum absolute atomic E-state index is 11.4. The Kier molecular flexibility index (Phi) is 7.09. The molecule has 4 unspecified atom stereocenters. The number of aliphatic carboxylic acids is 1. The van der Waals surface area contributed by atoms with Gasteiger partial charge in [-0.05, 0) is 35.4 Å². The first-order chi connectivity index (χ1) is 14.8. The van der Waals surface area contributed by atoms with E-state index in [0.717, 1.165) is 11.1 Å². The monoisotopic (exact) mass is 428 g/mol. The van der Waals surface area contributed by atoms with Crippen molar-refractivity contribution < 1.29 is 39.8 Å². The van der Waals surface area contributed by atoms with Gasteiger partial charge < -0.3 is 35.0 Å². The summed E-state index contributed by atoms with van der Waals surface area (Å²) in [6.07, 6.45) is -2.63. The van der Waals surface area contributed by atoms with Crippen LogP contribution in [0.3, 0.4) is 0 Å². The third-order valence-corrected chi connectivity index (χ3v) is 4.99. The molecular weight excluding hydrogens is 404 g/mol. The third-order valence-electron chi connectivity index (χ3n) is 4.99. The SMILES string of the molecule is C=CC(/C=C\c1ccc(O[C@@H]2C(C(=O)O)O[C@H](O)C(O)C2O)cc1)c1ccc(O)cc1. The van der Waals surface area contributed by atoms with Crippen LogP contribution in [0, 0.1) is 0 Å². The standard InChI is InChI=1S/C23H24O8/c1-2-14(15-7-9-16(24)10-8-15)6-3-13-4-11-17(12-5-13)30-20-18(25)19(26)23(29)31-21(20)22(27)28/h2-12,14,18-21,23-26,29H,1H2,(H,27,28)/b6-3-/t14?,18?,19?,20-,21?,23-/m0/s1. The van der Waals surface area contributed by atoms with Crippen molar-refractivity contribution in [1.82, 2.24) is 0 Å². The lowest BCUT2D eigenvalue weighted by atomic mass is 9.97. The molecule has 0 saturated carbocycles. The topological polar surface area (TPSA) is 137 Å². The van der Waals surface area contributed by atoms with E-state index < -0.39 is 36.7 Å². The molecule has 1 aliphatic rings. The number of aliphatic hydroxyl groups excluding tert-OH is 3. The molecular formula is C23H24O8. The smallest absolute Gasteiger partial charge is 0.336 e. The molecule has 8 nitrogen and oxygen atoms in total. The Morgan fingerprint density at radius 2 is 1.68 bits per heavy atom. The van der Waals surface area contributed by atoms with Gasteiger partial charge in [0.05, 0.1) is 0 Å². The van der Waals surface area contributed by atoms with Crippen LogP contribution in [-0.2, 0) is 9.53 Å². The van der Waals surface area contributed by atoms with E-state index in [-0.39, 0.29) is 17.4 Å². The van der Waals surface area contributed by atoms with Crippen molar-refractivity contribution in [3.8, 4) is 11.5 Å². The predicted octanol–water partition coefficient (Wildman–Crippen LogP) is 1.65. The van der Waals surface area contributed by atoms with E-state index in [1.54, 1.807) is 42.5 Å². The molecule has 2 aromatic carbocycles. The summed E-state index contributed by atoms with van der Waals surface area (Å²) in [5.41, 5.74) is 1.81. The summed E-state index contributed by atoms with van der Waals surface area (Å²) in [7, 11) is 0. The minimum Gasteiger partial charge on any atom is -0.508 e. The Hall–Kier alpha value is -3.17. The summed E-state index contributed by atoms with van der Waals surface area (Å²) in [4.78, 5) is 11.4. The zero-order valence-electron chi connectivity index (χ0n) is 16.5. The van der Waals surface area contributed by atoms with Gasteiger partial charge in [0.25, 0.3) is 0 Å². The van der Waals surface area contributed by atoms with Crippen molar-refractivity contribution in [1.29, 1.82) is 0 Å². The van der Waals surface area contributed by atoms with E-state index in [0.29, 0.717) is 0 Å². The molecule has 0 spiro atoms. The van der Waals surface area contributed by atoms with Crippen molar-refractivity contribution in [2.24, 2.45) is 0 Å². The maximum Gasteiger partial charge on any atom is 0.336 e. The average Bonchev–Trinajstić information content (AvgIpc) is 2.76. The Labute approximate surface area is 178 Å². The molecule has 2 aromatic rings. The van der Waals surface area contributed by atoms with E-state index in [1.807, 2.05) is 24.3 Å². The molecule has 0 radical (unpaired) electrons. The van der Waals surface area contributed by atoms with Crippen LogP contribution in [0.25, 0.3) is 6.08 Å². The zero-order chi connectivity index (χ0) is 22.5. The number of ether oxygens (including phenoxy) is 2. The zero-order valence-corrected chi connectivity index (χ0v) is 16.5. The Balaban J connectivity index is 1.70. The molecule has 0 amide bonds. The molecule has 5 N–H and O–H groups in total. The number of aliphatic hydroxyl groups is 3. The summed E-state index contributed by atoms with van der Waals surface area (Å²) in [5, 5.41) is 48.1. The molecule has 1 saturated heterocycles. The van der Waals surface area contributed by atoms with Gasteiger partial charge in [0.1, 0.15) is 23.7 Å². The first-order valence-corrected chi connectivity index (χ1v) is 9.59. The van der Waals surface area contributed by atoms with Crippen LogP contribution in [0.4, 0.5) is 0 Å². The lowest BCUT2D eigenvalue weighted by Gasteiger charge is -2.38. The highest BCUT2D eigenvalue weighted by atomic mass is 16.7. The van der Waals surface area contributed by atoms with Crippen molar-refractivity contribution in [3.05, 3.63) is 78.4 Å². The highest BCUT2D eigenvalue weighted by Crippen LogP contribution is 2.26. The van der Waals surface area contributed by atoms with Crippen LogP contribution in [0.5, 0.6) is 11.5 Å². The van der Waals surface area contributed by atoms with Gasteiger partial charge in [0, 0.05) is 5.92 Å². The number of carbonyl (C=O) groups is 1. The number of aromatic hydroxyl groups is 1. The molecule has 6 atom stereocenters. The molecule has 8 heteroatoms. The number of hydrogen-bond acceptors (Lipinski definition) is 7. The van der Waals surface area contributed by atoms with Crippen LogP contribution >= 0.6 is 0 Å². The summed E-state index contributed by atoms with van der Waals surface area (Å²) in [5.74, 6) is -1.04. The molecule has 31 heavy (non-hydrogen) atoms. The Morgan fingerprint density at radius 3 is 2.26 bits per heavy atom. The van der Waals surface area contributed by atoms with Crippen molar-refractivity contribution >= 4 is 12.0 Å². The fourth-order valence-corrected chi connectivity index (χ4v) is 3.23. The maximum atomic E-state index is 11.4. The first-order valence-electron chi connectivity index (χ1n) is 9.59. The second-order valence-corrected chi connectivity index (χ2v) is 7.13. The number of phenols is 1. The fourth-order valence-electron chi connectivity index (χ4n) is 3.23. The molecule has 1 aliphatic heterocycles. The summed E-state index contributed by atoms with van der Waals surface area (Å²) in [6.45, 7) is 3.84. The Morgan fingerprint density at radius 1 is 1.03 bits per heavy atom. The van der Waals surface area contributed by atoms with E-state index in [9.17, 15) is 30.3 Å². The highest BCUT2D eigenvalue weighted by molar-refractivity contribution is 5.73. The van der Waals surface area contributed by atoms with Crippen LogP contribution in [0.1, 0.15) is 17.0 Å². The molecule has 1 fully saturated rings. The molecule has 0 bridgehead atoms. The van der Waals surface area contributed by atoms with Crippen LogP contribution in [0.15, 0.2) is 67.3 Å². The predicted molar refractivity (Wildman–Crippen MR) is 111 cm³/mol. The van der Waals surface area contributed by atoms with Crippen LogP contribution in [-0.4, -0.2) is 62.2 Å². The largest absolute Gasteiger partial charge is 0.508 e. The van der Waals surface area contributed by atoms with Crippen molar-refractivity contribution in [3.63, 3.8) is 0 Å². The minimum absolute atomic E-state index is 0.0599. The van der Waals surface area contributed by atoms with E-state index in [2.05, 4.69) is 6.58 Å². The van der Waals surface area contributed by atoms with Gasteiger partial charge in [-0.25, -0.2) is 4.79 Å². The number of allylic oxidation sites excluding steroid dienone is 2. The second-order valence-electron chi connectivity index (χ2n) is 7.13. The first kappa shape index (κ1) is 22.5. The van der Waals surface area contributed by atoms with E-state index in [4.69, 9.17) is 9.47 Å². The second kappa shape index (κ2) is 9.76. The van der Waals surface area contributed by atoms with E-state index >= 15 is 0 Å². The molecule has 164 valence electrons. The van der Waals surface area contributed by atoms with Gasteiger partial charge in [-0.3, -0.25) is 0 Å². The number of carboxylic acids is 1. The van der Waals surface area contributed by atoms with Crippen molar-refractivity contribution in [2.75, 3.05) is 0 Å². The van der Waals surface area contributed by atoms with Gasteiger partial charge in [-0.1, -0.05) is 42.5 Å². The Bertz CT molecular complexity index is 922. The fraction of sp³-hybridized carbons (Fsp3) is 0.261. The molecule has 0 aromatic heterocycles. The average molecular weight is 428 g/mol. The van der Waals surface area contributed by atoms with Gasteiger partial charge in [0.2, 0.25) is 0 Å². The van der Waals surface area contributed by atoms with Gasteiger partial charge in [-0.15, -0.1) is 6.58 Å². The van der Waals surface area contributed by atoms with Crippen LogP contribution < -0.4 is 4.74 Å². The summed E-state index contributed by atoms with van der Waals surface area (Å²) in [6, 6.07) is 13.5. The number of hydrogen-bond donors (Lipinski definition) is 5. The van der Waals surface area contributed by atoms with E-state index in [1.165, 1.54) is 0 Å². The highest BCUT2D eigenvalue weighted by Gasteiger charge is 2.48. The van der Waals surface area contributed by atoms with Gasteiger partial charge >= 0.3 is 5.97 Å². The summed E-state index contributed by atoms with van der Waals surface area (Å²) >= 11 is 0. The molecule has 1 heterocycles. The van der Waals surface area contributed by atoms with Gasteiger partial charge in [-0.2, -0.15) is 0 Å². The molecule has 0 aliphatic carbocycles. The quantitative estimate of drug-likeness (QED) is 0.420. The number of rotatable bonds is 7. The molecule has 3 rings (SSSR count). The number of carboxylic acid groups (broad SMARTS) is 1. The number of phenolic OH excluding ortho intramolecular Hbond substituents is 1. The van der Waals surface area contributed by atoms with Crippen molar-refractivity contribution in [2.45, 2.75) is 36.6 Å². The minimum atomic E-state index is -1.82. The lowest BCUT2D eigenvalue weighted by Crippen LogP contribution is -2.61. The third kappa shape index (κ3) is 5.31.